The summed E-state index contributed by atoms with van der Waals surface area (Å²) >= 11 is 0. The molecular formula is C10H19NO. The largest absolute Gasteiger partial charge is 0.383 e. The zero-order valence-corrected chi connectivity index (χ0v) is 8.34. The van der Waals surface area contributed by atoms with Crippen molar-refractivity contribution in [3.8, 4) is 0 Å². The lowest BCUT2D eigenvalue weighted by molar-refractivity contribution is -0.114. The molecule has 0 aromatic carbocycles. The Morgan fingerprint density at radius 1 is 1.33 bits per heavy atom. The van der Waals surface area contributed by atoms with Crippen LogP contribution in [0.2, 0.25) is 0 Å². The molecule has 0 saturated carbocycles. The molecule has 0 radical (unpaired) electrons. The first kappa shape index (κ1) is 11.2. The standard InChI is InChI=1S/C10H19NO/c1-4-5-6-7-10(12)8-9-11(2)3/h8-9H,4-7H2,1-3H3/b9-8+. The minimum Gasteiger partial charge on any atom is -0.383 e. The SMILES string of the molecule is CCCCCC(=O)/C=C/N(C)C. The van der Waals surface area contributed by atoms with Crippen LogP contribution in [0.1, 0.15) is 32.6 Å². The smallest absolute Gasteiger partial charge is 0.157 e. The second-order valence-electron chi connectivity index (χ2n) is 3.20. The van der Waals surface area contributed by atoms with Gasteiger partial charge in [0.15, 0.2) is 5.78 Å². The first-order chi connectivity index (χ1) is 5.66. The highest BCUT2D eigenvalue weighted by molar-refractivity contribution is 5.89. The van der Waals surface area contributed by atoms with Crippen LogP contribution in [-0.4, -0.2) is 24.8 Å². The first-order valence-corrected chi connectivity index (χ1v) is 4.54. The van der Waals surface area contributed by atoms with Crippen LogP contribution < -0.4 is 0 Å². The maximum Gasteiger partial charge on any atom is 0.157 e. The second-order valence-corrected chi connectivity index (χ2v) is 3.20. The van der Waals surface area contributed by atoms with E-state index in [1.165, 1.54) is 6.42 Å². The Kier molecular flexibility index (Phi) is 6.44. The van der Waals surface area contributed by atoms with E-state index >= 15 is 0 Å². The number of hydrogen-bond acceptors (Lipinski definition) is 2. The van der Waals surface area contributed by atoms with Crippen molar-refractivity contribution in [3.63, 3.8) is 0 Å². The van der Waals surface area contributed by atoms with Gasteiger partial charge in [-0.25, -0.2) is 0 Å². The van der Waals surface area contributed by atoms with Gasteiger partial charge < -0.3 is 4.90 Å². The zero-order valence-electron chi connectivity index (χ0n) is 8.34. The summed E-state index contributed by atoms with van der Waals surface area (Å²) in [5, 5.41) is 0. The normalized spacial score (nSPS) is 10.6. The summed E-state index contributed by atoms with van der Waals surface area (Å²) in [6, 6.07) is 0. The zero-order chi connectivity index (χ0) is 9.40. The van der Waals surface area contributed by atoms with Crippen molar-refractivity contribution in [2.75, 3.05) is 14.1 Å². The molecule has 0 amide bonds. The summed E-state index contributed by atoms with van der Waals surface area (Å²) in [6.07, 6.45) is 7.49. The molecule has 0 fully saturated rings. The highest BCUT2D eigenvalue weighted by Gasteiger charge is 1.94. The molecule has 0 atom stereocenters. The lowest BCUT2D eigenvalue weighted by Crippen LogP contribution is -2.02. The number of ketones is 1. The Hall–Kier alpha value is -0.790. The maximum atomic E-state index is 11.1. The Morgan fingerprint density at radius 2 is 2.00 bits per heavy atom. The van der Waals surface area contributed by atoms with Crippen LogP contribution in [0.25, 0.3) is 0 Å². The van der Waals surface area contributed by atoms with Crippen molar-refractivity contribution in [1.82, 2.24) is 4.90 Å². The van der Waals surface area contributed by atoms with Gasteiger partial charge in [0.05, 0.1) is 0 Å². The lowest BCUT2D eigenvalue weighted by atomic mass is 10.1. The van der Waals surface area contributed by atoms with Gasteiger partial charge in [-0.3, -0.25) is 4.79 Å². The van der Waals surface area contributed by atoms with E-state index in [0.29, 0.717) is 6.42 Å². The summed E-state index contributed by atoms with van der Waals surface area (Å²) in [5.41, 5.74) is 0. The number of nitrogens with zero attached hydrogens (tertiary/aromatic N) is 1. The van der Waals surface area contributed by atoms with E-state index in [1.54, 1.807) is 12.3 Å². The molecule has 0 N–H and O–H groups in total. The fourth-order valence-corrected chi connectivity index (χ4v) is 0.865. The van der Waals surface area contributed by atoms with Crippen molar-refractivity contribution in [3.05, 3.63) is 12.3 Å². The van der Waals surface area contributed by atoms with Crippen molar-refractivity contribution in [2.24, 2.45) is 0 Å². The molecule has 0 bridgehead atoms. The summed E-state index contributed by atoms with van der Waals surface area (Å²) in [6.45, 7) is 2.14. The molecule has 0 aromatic rings. The topological polar surface area (TPSA) is 20.3 Å². The quantitative estimate of drug-likeness (QED) is 0.449. The van der Waals surface area contributed by atoms with E-state index in [2.05, 4.69) is 6.92 Å². The molecule has 0 heterocycles. The Morgan fingerprint density at radius 3 is 2.50 bits per heavy atom. The van der Waals surface area contributed by atoms with E-state index < -0.39 is 0 Å². The molecule has 0 aliphatic heterocycles. The summed E-state index contributed by atoms with van der Waals surface area (Å²) < 4.78 is 0. The molecule has 70 valence electrons. The van der Waals surface area contributed by atoms with Crippen LogP contribution in [0, 0.1) is 0 Å². The van der Waals surface area contributed by atoms with E-state index in [9.17, 15) is 4.79 Å². The van der Waals surface area contributed by atoms with Crippen LogP contribution in [0.15, 0.2) is 12.3 Å². The van der Waals surface area contributed by atoms with Gasteiger partial charge >= 0.3 is 0 Å². The van der Waals surface area contributed by atoms with Gasteiger partial charge in [-0.05, 0) is 12.5 Å². The van der Waals surface area contributed by atoms with E-state index in [0.717, 1.165) is 12.8 Å². The third-order valence-corrected chi connectivity index (χ3v) is 1.59. The van der Waals surface area contributed by atoms with Crippen LogP contribution in [-0.2, 0) is 4.79 Å². The number of hydrogen-bond donors (Lipinski definition) is 0. The number of carbonyl (C=O) groups is 1. The average molecular weight is 169 g/mol. The van der Waals surface area contributed by atoms with Crippen molar-refractivity contribution in [1.29, 1.82) is 0 Å². The summed E-state index contributed by atoms with van der Waals surface area (Å²) in [5.74, 6) is 0.233. The van der Waals surface area contributed by atoms with Crippen LogP contribution >= 0.6 is 0 Å². The van der Waals surface area contributed by atoms with Crippen molar-refractivity contribution >= 4 is 5.78 Å². The molecule has 0 aromatic heterocycles. The predicted octanol–water partition coefficient (Wildman–Crippen LogP) is 2.21. The van der Waals surface area contributed by atoms with Gasteiger partial charge in [-0.1, -0.05) is 19.8 Å². The van der Waals surface area contributed by atoms with Crippen molar-refractivity contribution < 1.29 is 4.79 Å². The van der Waals surface area contributed by atoms with Gasteiger partial charge in [0.25, 0.3) is 0 Å². The number of unbranched alkanes of at least 4 members (excludes halogenated alkanes) is 2. The maximum absolute atomic E-state index is 11.1. The molecule has 0 unspecified atom stereocenters. The van der Waals surface area contributed by atoms with Gasteiger partial charge in [-0.15, -0.1) is 0 Å². The highest BCUT2D eigenvalue weighted by atomic mass is 16.1. The number of rotatable bonds is 6. The Balaban J connectivity index is 3.46. The summed E-state index contributed by atoms with van der Waals surface area (Å²) in [7, 11) is 3.83. The van der Waals surface area contributed by atoms with Crippen LogP contribution in [0.4, 0.5) is 0 Å². The van der Waals surface area contributed by atoms with Crippen LogP contribution in [0.5, 0.6) is 0 Å². The van der Waals surface area contributed by atoms with Gasteiger partial charge in [0.2, 0.25) is 0 Å². The first-order valence-electron chi connectivity index (χ1n) is 4.54. The van der Waals surface area contributed by atoms with E-state index in [-0.39, 0.29) is 5.78 Å². The van der Waals surface area contributed by atoms with Gasteiger partial charge in [0, 0.05) is 26.7 Å². The predicted molar refractivity (Wildman–Crippen MR) is 52.0 cm³/mol. The van der Waals surface area contributed by atoms with E-state index in [4.69, 9.17) is 0 Å². The van der Waals surface area contributed by atoms with Gasteiger partial charge in [-0.2, -0.15) is 0 Å². The third-order valence-electron chi connectivity index (χ3n) is 1.59. The molecule has 2 nitrogen and oxygen atoms in total. The van der Waals surface area contributed by atoms with E-state index in [1.807, 2.05) is 19.0 Å². The molecule has 0 aliphatic carbocycles. The monoisotopic (exact) mass is 169 g/mol. The lowest BCUT2D eigenvalue weighted by Gasteiger charge is -2.02. The summed E-state index contributed by atoms with van der Waals surface area (Å²) in [4.78, 5) is 13.0. The molecular weight excluding hydrogens is 150 g/mol. The number of allylic oxidation sites excluding steroid dienone is 1. The second kappa shape index (κ2) is 6.89. The third kappa shape index (κ3) is 7.32. The van der Waals surface area contributed by atoms with Crippen LogP contribution in [0.3, 0.4) is 0 Å². The minimum atomic E-state index is 0.233. The molecule has 0 rings (SSSR count). The van der Waals surface area contributed by atoms with Crippen molar-refractivity contribution in [2.45, 2.75) is 32.6 Å². The average Bonchev–Trinajstić information content (AvgIpc) is 2.01. The molecule has 0 spiro atoms. The highest BCUT2D eigenvalue weighted by Crippen LogP contribution is 2.00. The molecule has 0 saturated heterocycles. The fraction of sp³-hybridized carbons (Fsp3) is 0.700. The molecule has 2 heteroatoms. The molecule has 12 heavy (non-hydrogen) atoms. The molecule has 0 aliphatic rings. The minimum absolute atomic E-state index is 0.233. The fourth-order valence-electron chi connectivity index (χ4n) is 0.865. The Labute approximate surface area is 75.3 Å². The Bertz CT molecular complexity index is 150. The van der Waals surface area contributed by atoms with Gasteiger partial charge in [0.1, 0.15) is 0 Å². The number of carbonyl (C=O) groups excluding carboxylic acids is 1.